The largest absolute Gasteiger partial charge is 0.381 e. The predicted octanol–water partition coefficient (Wildman–Crippen LogP) is 1.80. The minimum Gasteiger partial charge on any atom is -0.381 e. The fourth-order valence-electron chi connectivity index (χ4n) is 1.76. The minimum absolute atomic E-state index is 0.0648. The Bertz CT molecular complexity index is 483. The Kier molecular flexibility index (Phi) is 4.04. The molecule has 1 aromatic rings. The normalized spacial score (nSPS) is 18.2. The van der Waals surface area contributed by atoms with Gasteiger partial charge in [0.25, 0.3) is 0 Å². The van der Waals surface area contributed by atoms with Crippen LogP contribution < -0.4 is 4.72 Å². The van der Waals surface area contributed by atoms with Gasteiger partial charge in [-0.15, -0.1) is 0 Å². The lowest BCUT2D eigenvalue weighted by Gasteiger charge is -2.23. The fourth-order valence-corrected chi connectivity index (χ4v) is 3.59. The molecule has 6 heteroatoms. The summed E-state index contributed by atoms with van der Waals surface area (Å²) in [7, 11) is -3.53. The van der Waals surface area contributed by atoms with E-state index in [0.717, 1.165) is 0 Å². The standard InChI is InChI=1S/C11H14ClNO3S/c12-10-3-1-2-4-11(10)17(14,15)13-9-5-7-16-8-6-9/h1-4,9,13H,5-8H2. The molecule has 1 N–H and O–H groups in total. The molecule has 0 saturated carbocycles. The summed E-state index contributed by atoms with van der Waals surface area (Å²) in [6.07, 6.45) is 1.40. The highest BCUT2D eigenvalue weighted by Gasteiger charge is 2.23. The molecule has 1 saturated heterocycles. The van der Waals surface area contributed by atoms with Crippen molar-refractivity contribution in [1.29, 1.82) is 0 Å². The molecule has 17 heavy (non-hydrogen) atoms. The molecule has 0 aliphatic carbocycles. The Balaban J connectivity index is 2.16. The predicted molar refractivity (Wildman–Crippen MR) is 65.6 cm³/mol. The fraction of sp³-hybridized carbons (Fsp3) is 0.455. The smallest absolute Gasteiger partial charge is 0.242 e. The van der Waals surface area contributed by atoms with Crippen LogP contribution in [0.1, 0.15) is 12.8 Å². The Morgan fingerprint density at radius 1 is 1.24 bits per heavy atom. The number of hydrogen-bond donors (Lipinski definition) is 1. The van der Waals surface area contributed by atoms with Crippen molar-refractivity contribution in [3.05, 3.63) is 29.3 Å². The van der Waals surface area contributed by atoms with Gasteiger partial charge in [0.05, 0.1) is 5.02 Å². The number of hydrogen-bond acceptors (Lipinski definition) is 3. The van der Waals surface area contributed by atoms with Crippen LogP contribution in [-0.2, 0) is 14.8 Å². The first kappa shape index (κ1) is 12.8. The molecule has 0 radical (unpaired) electrons. The van der Waals surface area contributed by atoms with Crippen LogP contribution in [0.5, 0.6) is 0 Å². The highest BCUT2D eigenvalue weighted by molar-refractivity contribution is 7.89. The second-order valence-corrected chi connectivity index (χ2v) is 6.03. The SMILES string of the molecule is O=S(=O)(NC1CCOCC1)c1ccccc1Cl. The summed E-state index contributed by atoms with van der Waals surface area (Å²) in [6, 6.07) is 6.37. The van der Waals surface area contributed by atoms with Crippen LogP contribution in [0.2, 0.25) is 5.02 Å². The zero-order chi connectivity index (χ0) is 12.3. The van der Waals surface area contributed by atoms with E-state index < -0.39 is 10.0 Å². The van der Waals surface area contributed by atoms with E-state index in [1.807, 2.05) is 0 Å². The van der Waals surface area contributed by atoms with E-state index in [0.29, 0.717) is 26.1 Å². The lowest BCUT2D eigenvalue weighted by molar-refractivity contribution is 0.0832. The first-order chi connectivity index (χ1) is 8.09. The number of nitrogens with one attached hydrogen (secondary N) is 1. The summed E-state index contributed by atoms with van der Waals surface area (Å²) in [5.41, 5.74) is 0. The molecule has 1 fully saturated rings. The van der Waals surface area contributed by atoms with Gasteiger partial charge in [0, 0.05) is 19.3 Å². The van der Waals surface area contributed by atoms with Gasteiger partial charge in [-0.05, 0) is 25.0 Å². The van der Waals surface area contributed by atoms with E-state index in [4.69, 9.17) is 16.3 Å². The molecule has 0 unspecified atom stereocenters. The molecule has 0 atom stereocenters. The van der Waals surface area contributed by atoms with Gasteiger partial charge in [0.1, 0.15) is 4.90 Å². The molecule has 1 heterocycles. The molecule has 0 aromatic heterocycles. The van der Waals surface area contributed by atoms with Crippen molar-refractivity contribution in [2.45, 2.75) is 23.8 Å². The second kappa shape index (κ2) is 5.35. The van der Waals surface area contributed by atoms with Crippen molar-refractivity contribution in [1.82, 2.24) is 4.72 Å². The van der Waals surface area contributed by atoms with Crippen molar-refractivity contribution in [3.8, 4) is 0 Å². The van der Waals surface area contributed by atoms with E-state index in [1.165, 1.54) is 6.07 Å². The Hall–Kier alpha value is -0.620. The third-order valence-corrected chi connectivity index (χ3v) is 4.69. The molecule has 0 bridgehead atoms. The monoisotopic (exact) mass is 275 g/mol. The average Bonchev–Trinajstić information content (AvgIpc) is 2.30. The highest BCUT2D eigenvalue weighted by atomic mass is 35.5. The highest BCUT2D eigenvalue weighted by Crippen LogP contribution is 2.21. The number of rotatable bonds is 3. The Morgan fingerprint density at radius 2 is 1.88 bits per heavy atom. The van der Waals surface area contributed by atoms with Crippen molar-refractivity contribution in [2.24, 2.45) is 0 Å². The zero-order valence-electron chi connectivity index (χ0n) is 9.23. The van der Waals surface area contributed by atoms with Crippen molar-refractivity contribution in [3.63, 3.8) is 0 Å². The van der Waals surface area contributed by atoms with Crippen LogP contribution in [0, 0.1) is 0 Å². The van der Waals surface area contributed by atoms with Crippen LogP contribution in [0.3, 0.4) is 0 Å². The van der Waals surface area contributed by atoms with Gasteiger partial charge in [-0.2, -0.15) is 0 Å². The van der Waals surface area contributed by atoms with Gasteiger partial charge in [0.15, 0.2) is 0 Å². The number of sulfonamides is 1. The molecule has 1 aliphatic rings. The quantitative estimate of drug-likeness (QED) is 0.915. The third kappa shape index (κ3) is 3.19. The van der Waals surface area contributed by atoms with Crippen molar-refractivity contribution < 1.29 is 13.2 Å². The summed E-state index contributed by atoms with van der Waals surface area (Å²) in [4.78, 5) is 0.133. The average molecular weight is 276 g/mol. The number of benzene rings is 1. The first-order valence-electron chi connectivity index (χ1n) is 5.44. The summed E-state index contributed by atoms with van der Waals surface area (Å²) >= 11 is 5.88. The molecule has 1 aromatic carbocycles. The van der Waals surface area contributed by atoms with Crippen LogP contribution in [-0.4, -0.2) is 27.7 Å². The summed E-state index contributed by atoms with van der Waals surface area (Å²) < 4.78 is 32.0. The minimum atomic E-state index is -3.53. The van der Waals surface area contributed by atoms with Gasteiger partial charge in [-0.3, -0.25) is 0 Å². The summed E-state index contributed by atoms with van der Waals surface area (Å²) in [6.45, 7) is 1.19. The second-order valence-electron chi connectivity index (χ2n) is 3.94. The summed E-state index contributed by atoms with van der Waals surface area (Å²) in [5, 5.41) is 0.243. The van der Waals surface area contributed by atoms with E-state index in [1.54, 1.807) is 18.2 Å². The molecule has 4 nitrogen and oxygen atoms in total. The topological polar surface area (TPSA) is 55.4 Å². The molecular weight excluding hydrogens is 262 g/mol. The maximum Gasteiger partial charge on any atom is 0.242 e. The molecule has 1 aliphatic heterocycles. The summed E-state index contributed by atoms with van der Waals surface area (Å²) in [5.74, 6) is 0. The lowest BCUT2D eigenvalue weighted by Crippen LogP contribution is -2.38. The Labute approximate surface area is 106 Å². The van der Waals surface area contributed by atoms with E-state index in [-0.39, 0.29) is 16.0 Å². The van der Waals surface area contributed by atoms with Gasteiger partial charge < -0.3 is 4.74 Å². The van der Waals surface area contributed by atoms with Crippen molar-refractivity contribution >= 4 is 21.6 Å². The van der Waals surface area contributed by atoms with Crippen molar-refractivity contribution in [2.75, 3.05) is 13.2 Å². The van der Waals surface area contributed by atoms with Gasteiger partial charge in [-0.25, -0.2) is 13.1 Å². The van der Waals surface area contributed by atoms with E-state index in [9.17, 15) is 8.42 Å². The third-order valence-electron chi connectivity index (χ3n) is 2.67. The van der Waals surface area contributed by atoms with Crippen LogP contribution >= 0.6 is 11.6 Å². The lowest BCUT2D eigenvalue weighted by atomic mass is 10.1. The molecular formula is C11H14ClNO3S. The van der Waals surface area contributed by atoms with Crippen LogP contribution in [0.4, 0.5) is 0 Å². The first-order valence-corrected chi connectivity index (χ1v) is 7.30. The van der Waals surface area contributed by atoms with E-state index in [2.05, 4.69) is 4.72 Å². The van der Waals surface area contributed by atoms with Crippen LogP contribution in [0.15, 0.2) is 29.2 Å². The van der Waals surface area contributed by atoms with Crippen LogP contribution in [0.25, 0.3) is 0 Å². The maximum absolute atomic E-state index is 12.1. The van der Waals surface area contributed by atoms with Gasteiger partial charge in [0.2, 0.25) is 10.0 Å². The molecule has 94 valence electrons. The molecule has 0 spiro atoms. The zero-order valence-corrected chi connectivity index (χ0v) is 10.8. The number of ether oxygens (including phenoxy) is 1. The number of halogens is 1. The Morgan fingerprint density at radius 3 is 2.53 bits per heavy atom. The van der Waals surface area contributed by atoms with Gasteiger partial charge in [-0.1, -0.05) is 23.7 Å². The molecule has 0 amide bonds. The van der Waals surface area contributed by atoms with Gasteiger partial charge >= 0.3 is 0 Å². The maximum atomic E-state index is 12.1. The molecule has 2 rings (SSSR count). The van der Waals surface area contributed by atoms with E-state index >= 15 is 0 Å².